The smallest absolute Gasteiger partial charge is 0.127 e. The van der Waals surface area contributed by atoms with Crippen molar-refractivity contribution in [3.63, 3.8) is 0 Å². The molecule has 1 N–H and O–H groups in total. The number of ether oxygens (including phenoxy) is 3. The van der Waals surface area contributed by atoms with E-state index in [2.05, 4.69) is 37.4 Å². The minimum atomic E-state index is 0.147. The summed E-state index contributed by atoms with van der Waals surface area (Å²) in [5.41, 5.74) is 2.35. The molecule has 1 rings (SSSR count). The molecule has 4 heteroatoms. The number of methoxy groups -OCH3 is 2. The standard InChI is InChI=1S/C16H27NO3/c1-13-6-5-7-15(12-17-9-11-19-4)16(13)20-14(2)8-10-18-3/h5-7,14,17H,8-12H2,1-4H3. The van der Waals surface area contributed by atoms with E-state index in [1.54, 1.807) is 14.2 Å². The van der Waals surface area contributed by atoms with Crippen molar-refractivity contribution in [3.8, 4) is 5.75 Å². The van der Waals surface area contributed by atoms with Gasteiger partial charge in [0.1, 0.15) is 5.75 Å². The molecular formula is C16H27NO3. The van der Waals surface area contributed by atoms with Gasteiger partial charge in [0.25, 0.3) is 0 Å². The maximum atomic E-state index is 6.08. The third-order valence-corrected chi connectivity index (χ3v) is 3.14. The predicted octanol–water partition coefficient (Wildman–Crippen LogP) is 2.53. The molecule has 0 saturated carbocycles. The highest BCUT2D eigenvalue weighted by atomic mass is 16.5. The Kier molecular flexibility index (Phi) is 8.26. The number of hydrogen-bond donors (Lipinski definition) is 1. The molecule has 1 aromatic rings. The molecule has 0 aliphatic rings. The van der Waals surface area contributed by atoms with Gasteiger partial charge in [0.2, 0.25) is 0 Å². The van der Waals surface area contributed by atoms with E-state index in [1.165, 1.54) is 11.1 Å². The minimum absolute atomic E-state index is 0.147. The Labute approximate surface area is 122 Å². The van der Waals surface area contributed by atoms with Gasteiger partial charge in [-0.25, -0.2) is 0 Å². The van der Waals surface area contributed by atoms with Crippen molar-refractivity contribution < 1.29 is 14.2 Å². The average Bonchev–Trinajstić information content (AvgIpc) is 2.44. The Balaban J connectivity index is 2.62. The zero-order valence-electron chi connectivity index (χ0n) is 13.1. The number of para-hydroxylation sites is 1. The van der Waals surface area contributed by atoms with Gasteiger partial charge in [-0.1, -0.05) is 18.2 Å². The Morgan fingerprint density at radius 2 is 1.90 bits per heavy atom. The lowest BCUT2D eigenvalue weighted by molar-refractivity contribution is 0.134. The average molecular weight is 281 g/mol. The molecule has 0 aliphatic carbocycles. The lowest BCUT2D eigenvalue weighted by atomic mass is 10.1. The first kappa shape index (κ1) is 17.0. The molecule has 0 heterocycles. The van der Waals surface area contributed by atoms with Crippen LogP contribution in [0.2, 0.25) is 0 Å². The van der Waals surface area contributed by atoms with Crippen LogP contribution >= 0.6 is 0 Å². The van der Waals surface area contributed by atoms with Gasteiger partial charge in [0, 0.05) is 45.9 Å². The molecule has 0 radical (unpaired) electrons. The van der Waals surface area contributed by atoms with E-state index in [0.29, 0.717) is 13.2 Å². The summed E-state index contributed by atoms with van der Waals surface area (Å²) in [6.07, 6.45) is 1.04. The molecule has 114 valence electrons. The van der Waals surface area contributed by atoms with Gasteiger partial charge in [-0.15, -0.1) is 0 Å². The number of aryl methyl sites for hydroxylation is 1. The van der Waals surface area contributed by atoms with Crippen molar-refractivity contribution in [1.82, 2.24) is 5.32 Å². The maximum absolute atomic E-state index is 6.08. The van der Waals surface area contributed by atoms with E-state index in [1.807, 2.05) is 0 Å². The number of nitrogens with one attached hydrogen (secondary N) is 1. The summed E-state index contributed by atoms with van der Waals surface area (Å²) in [5, 5.41) is 3.36. The fourth-order valence-corrected chi connectivity index (χ4v) is 1.96. The van der Waals surface area contributed by atoms with Crippen LogP contribution in [0.4, 0.5) is 0 Å². The summed E-state index contributed by atoms with van der Waals surface area (Å²) in [7, 11) is 3.42. The SMILES string of the molecule is COCCNCc1cccc(C)c1OC(C)CCOC. The summed E-state index contributed by atoms with van der Waals surface area (Å²) < 4.78 is 16.2. The zero-order chi connectivity index (χ0) is 14.8. The van der Waals surface area contributed by atoms with Gasteiger partial charge in [0.05, 0.1) is 12.7 Å². The van der Waals surface area contributed by atoms with Gasteiger partial charge in [0.15, 0.2) is 0 Å². The summed E-state index contributed by atoms with van der Waals surface area (Å²) in [4.78, 5) is 0. The van der Waals surface area contributed by atoms with Crippen molar-refractivity contribution in [1.29, 1.82) is 0 Å². The third-order valence-electron chi connectivity index (χ3n) is 3.14. The molecule has 1 unspecified atom stereocenters. The maximum Gasteiger partial charge on any atom is 0.127 e. The van der Waals surface area contributed by atoms with E-state index in [0.717, 1.165) is 25.3 Å². The molecular weight excluding hydrogens is 254 g/mol. The number of hydrogen-bond acceptors (Lipinski definition) is 4. The van der Waals surface area contributed by atoms with Crippen LogP contribution in [0.15, 0.2) is 18.2 Å². The van der Waals surface area contributed by atoms with Gasteiger partial charge >= 0.3 is 0 Å². The van der Waals surface area contributed by atoms with E-state index >= 15 is 0 Å². The van der Waals surface area contributed by atoms with Crippen LogP contribution < -0.4 is 10.1 Å². The van der Waals surface area contributed by atoms with Crippen molar-refractivity contribution in [2.45, 2.75) is 32.9 Å². The molecule has 0 bridgehead atoms. The second kappa shape index (κ2) is 9.75. The van der Waals surface area contributed by atoms with Crippen LogP contribution in [0.1, 0.15) is 24.5 Å². The van der Waals surface area contributed by atoms with Gasteiger partial charge in [-0.2, -0.15) is 0 Å². The molecule has 0 saturated heterocycles. The molecule has 0 aromatic heterocycles. The second-order valence-electron chi connectivity index (χ2n) is 4.94. The predicted molar refractivity (Wildman–Crippen MR) is 81.3 cm³/mol. The summed E-state index contributed by atoms with van der Waals surface area (Å²) >= 11 is 0. The Morgan fingerprint density at radius 3 is 2.60 bits per heavy atom. The third kappa shape index (κ3) is 5.90. The largest absolute Gasteiger partial charge is 0.490 e. The van der Waals surface area contributed by atoms with E-state index in [-0.39, 0.29) is 6.10 Å². The first-order valence-electron chi connectivity index (χ1n) is 7.12. The number of rotatable bonds is 10. The Hall–Kier alpha value is -1.10. The van der Waals surface area contributed by atoms with Gasteiger partial charge in [-0.3, -0.25) is 0 Å². The molecule has 0 aliphatic heterocycles. The highest BCUT2D eigenvalue weighted by Crippen LogP contribution is 2.25. The monoisotopic (exact) mass is 281 g/mol. The minimum Gasteiger partial charge on any atom is -0.490 e. The molecule has 0 fully saturated rings. The van der Waals surface area contributed by atoms with Crippen molar-refractivity contribution in [2.24, 2.45) is 0 Å². The highest BCUT2D eigenvalue weighted by Gasteiger charge is 2.10. The Morgan fingerprint density at radius 1 is 1.15 bits per heavy atom. The van der Waals surface area contributed by atoms with Crippen molar-refractivity contribution in [3.05, 3.63) is 29.3 Å². The van der Waals surface area contributed by atoms with Crippen LogP contribution in [0.3, 0.4) is 0 Å². The first-order chi connectivity index (χ1) is 9.69. The lowest BCUT2D eigenvalue weighted by Crippen LogP contribution is -2.21. The zero-order valence-corrected chi connectivity index (χ0v) is 13.1. The van der Waals surface area contributed by atoms with Crippen LogP contribution in [0.25, 0.3) is 0 Å². The van der Waals surface area contributed by atoms with Gasteiger partial charge < -0.3 is 19.5 Å². The highest BCUT2D eigenvalue weighted by molar-refractivity contribution is 5.40. The quantitative estimate of drug-likeness (QED) is 0.669. The lowest BCUT2D eigenvalue weighted by Gasteiger charge is -2.19. The number of benzene rings is 1. The molecule has 4 nitrogen and oxygen atoms in total. The molecule has 1 aromatic carbocycles. The van der Waals surface area contributed by atoms with Gasteiger partial charge in [-0.05, 0) is 19.4 Å². The van der Waals surface area contributed by atoms with E-state index < -0.39 is 0 Å². The summed E-state index contributed by atoms with van der Waals surface area (Å²) in [6.45, 7) is 7.21. The fraction of sp³-hybridized carbons (Fsp3) is 0.625. The van der Waals surface area contributed by atoms with Crippen molar-refractivity contribution in [2.75, 3.05) is 34.0 Å². The topological polar surface area (TPSA) is 39.7 Å². The van der Waals surface area contributed by atoms with Crippen LogP contribution in [0.5, 0.6) is 5.75 Å². The van der Waals surface area contributed by atoms with Crippen molar-refractivity contribution >= 4 is 0 Å². The first-order valence-corrected chi connectivity index (χ1v) is 7.12. The summed E-state index contributed by atoms with van der Waals surface area (Å²) in [6, 6.07) is 6.25. The second-order valence-corrected chi connectivity index (χ2v) is 4.94. The Bertz CT molecular complexity index is 382. The molecule has 1 atom stereocenters. The molecule has 0 amide bonds. The molecule has 20 heavy (non-hydrogen) atoms. The van der Waals surface area contributed by atoms with Crippen LogP contribution in [-0.2, 0) is 16.0 Å². The summed E-state index contributed by atoms with van der Waals surface area (Å²) in [5.74, 6) is 0.987. The normalized spacial score (nSPS) is 12.4. The van der Waals surface area contributed by atoms with E-state index in [4.69, 9.17) is 14.2 Å². The van der Waals surface area contributed by atoms with E-state index in [9.17, 15) is 0 Å². The van der Waals surface area contributed by atoms with Crippen LogP contribution in [0, 0.1) is 6.92 Å². The molecule has 0 spiro atoms. The van der Waals surface area contributed by atoms with Crippen LogP contribution in [-0.4, -0.2) is 40.1 Å². The fourth-order valence-electron chi connectivity index (χ4n) is 1.96.